The molecule has 5 nitrogen and oxygen atoms in total. The minimum absolute atomic E-state index is 0.0139. The molecule has 0 radical (unpaired) electrons. The number of hydrogen-bond acceptors (Lipinski definition) is 3. The van der Waals surface area contributed by atoms with Gasteiger partial charge in [-0.05, 0) is 5.92 Å². The first-order valence-electron chi connectivity index (χ1n) is 5.29. The van der Waals surface area contributed by atoms with Crippen LogP contribution in [0.4, 0.5) is 0 Å². The van der Waals surface area contributed by atoms with E-state index in [1.54, 1.807) is 14.1 Å². The normalized spacial score (nSPS) is 11.8. The lowest BCUT2D eigenvalue weighted by Gasteiger charge is -2.21. The van der Waals surface area contributed by atoms with E-state index in [2.05, 4.69) is 5.32 Å². The van der Waals surface area contributed by atoms with Crippen molar-refractivity contribution < 1.29 is 9.59 Å². The molecule has 0 saturated heterocycles. The molecule has 0 rings (SSSR count). The van der Waals surface area contributed by atoms with E-state index in [0.717, 1.165) is 0 Å². The van der Waals surface area contributed by atoms with Gasteiger partial charge in [-0.2, -0.15) is 5.26 Å². The van der Waals surface area contributed by atoms with Crippen molar-refractivity contribution in [1.82, 2.24) is 10.2 Å². The first kappa shape index (κ1) is 14.4. The summed E-state index contributed by atoms with van der Waals surface area (Å²) in [5, 5.41) is 11.3. The molecule has 0 heterocycles. The quantitative estimate of drug-likeness (QED) is 0.735. The maximum Gasteiger partial charge on any atom is 0.239 e. The van der Waals surface area contributed by atoms with Crippen molar-refractivity contribution in [2.75, 3.05) is 20.6 Å². The summed E-state index contributed by atoms with van der Waals surface area (Å²) in [5.74, 6) is -0.978. The summed E-state index contributed by atoms with van der Waals surface area (Å²) in [7, 11) is 3.16. The molecular formula is C11H19N3O2. The molecule has 0 aliphatic rings. The molecule has 90 valence electrons. The number of nitrogens with zero attached hydrogens (tertiary/aromatic N) is 2. The minimum Gasteiger partial charge on any atom is -0.359 e. The lowest BCUT2D eigenvalue weighted by atomic mass is 9.96. The smallest absolute Gasteiger partial charge is 0.239 e. The predicted molar refractivity (Wildman–Crippen MR) is 60.3 cm³/mol. The molecule has 0 aliphatic carbocycles. The van der Waals surface area contributed by atoms with Crippen LogP contribution in [-0.4, -0.2) is 37.4 Å². The van der Waals surface area contributed by atoms with Gasteiger partial charge in [-0.15, -0.1) is 0 Å². The van der Waals surface area contributed by atoms with Gasteiger partial charge in [0.2, 0.25) is 11.8 Å². The Morgan fingerprint density at radius 3 is 2.38 bits per heavy atom. The van der Waals surface area contributed by atoms with Crippen LogP contribution in [0.5, 0.6) is 0 Å². The van der Waals surface area contributed by atoms with E-state index < -0.39 is 5.92 Å². The molecule has 16 heavy (non-hydrogen) atoms. The van der Waals surface area contributed by atoms with Crippen molar-refractivity contribution in [2.45, 2.75) is 20.3 Å². The Kier molecular flexibility index (Phi) is 6.16. The molecule has 2 amide bonds. The van der Waals surface area contributed by atoms with Crippen LogP contribution in [0.25, 0.3) is 0 Å². The van der Waals surface area contributed by atoms with Gasteiger partial charge in [-0.3, -0.25) is 9.59 Å². The number of carbonyl (C=O) groups is 2. The SMILES string of the molecule is CNC(=O)CCN(C)C(=O)C(C#N)C(C)C. The lowest BCUT2D eigenvalue weighted by molar-refractivity contribution is -0.134. The Balaban J connectivity index is 4.28. The van der Waals surface area contributed by atoms with Crippen LogP contribution in [0.3, 0.4) is 0 Å². The molecule has 0 aliphatic heterocycles. The van der Waals surface area contributed by atoms with E-state index in [1.807, 2.05) is 19.9 Å². The fourth-order valence-electron chi connectivity index (χ4n) is 1.23. The minimum atomic E-state index is -0.630. The number of amides is 2. The van der Waals surface area contributed by atoms with E-state index in [-0.39, 0.29) is 24.2 Å². The van der Waals surface area contributed by atoms with Crippen molar-refractivity contribution in [3.05, 3.63) is 0 Å². The molecule has 1 atom stereocenters. The number of nitriles is 1. The highest BCUT2D eigenvalue weighted by atomic mass is 16.2. The van der Waals surface area contributed by atoms with Gasteiger partial charge in [0.05, 0.1) is 6.07 Å². The first-order chi connectivity index (χ1) is 7.43. The molecule has 0 fully saturated rings. The second kappa shape index (κ2) is 6.83. The Hall–Kier alpha value is -1.57. The largest absolute Gasteiger partial charge is 0.359 e. The van der Waals surface area contributed by atoms with Gasteiger partial charge in [0.25, 0.3) is 0 Å². The van der Waals surface area contributed by atoms with Crippen molar-refractivity contribution in [3.63, 3.8) is 0 Å². The van der Waals surface area contributed by atoms with Crippen molar-refractivity contribution in [3.8, 4) is 6.07 Å². The highest BCUT2D eigenvalue weighted by Crippen LogP contribution is 2.12. The average Bonchev–Trinajstić information content (AvgIpc) is 2.25. The van der Waals surface area contributed by atoms with Crippen LogP contribution < -0.4 is 5.32 Å². The van der Waals surface area contributed by atoms with Gasteiger partial charge in [-0.25, -0.2) is 0 Å². The van der Waals surface area contributed by atoms with Crippen LogP contribution in [0.1, 0.15) is 20.3 Å². The molecule has 0 spiro atoms. The summed E-state index contributed by atoms with van der Waals surface area (Å²) in [6, 6.07) is 1.99. The van der Waals surface area contributed by atoms with Crippen molar-refractivity contribution >= 4 is 11.8 Å². The van der Waals surface area contributed by atoms with Crippen LogP contribution in [-0.2, 0) is 9.59 Å². The van der Waals surface area contributed by atoms with E-state index in [9.17, 15) is 9.59 Å². The standard InChI is InChI=1S/C11H19N3O2/c1-8(2)9(7-12)11(16)14(4)6-5-10(15)13-3/h8-9H,5-6H2,1-4H3,(H,13,15). The topological polar surface area (TPSA) is 73.2 Å². The maximum atomic E-state index is 11.8. The first-order valence-corrected chi connectivity index (χ1v) is 5.29. The van der Waals surface area contributed by atoms with E-state index in [0.29, 0.717) is 6.54 Å². The molecule has 0 aromatic heterocycles. The third-order valence-electron chi connectivity index (χ3n) is 2.40. The molecule has 0 saturated carbocycles. The van der Waals surface area contributed by atoms with Gasteiger partial charge in [-0.1, -0.05) is 13.8 Å². The van der Waals surface area contributed by atoms with Crippen LogP contribution >= 0.6 is 0 Å². The summed E-state index contributed by atoms with van der Waals surface area (Å²) in [6.45, 7) is 4.00. The van der Waals surface area contributed by atoms with E-state index in [4.69, 9.17) is 5.26 Å². The van der Waals surface area contributed by atoms with Gasteiger partial charge in [0, 0.05) is 27.1 Å². The maximum absolute atomic E-state index is 11.8. The highest BCUT2D eigenvalue weighted by Gasteiger charge is 2.24. The zero-order valence-electron chi connectivity index (χ0n) is 10.3. The zero-order valence-corrected chi connectivity index (χ0v) is 10.3. The Morgan fingerprint density at radius 1 is 1.44 bits per heavy atom. The monoisotopic (exact) mass is 225 g/mol. The average molecular weight is 225 g/mol. The second-order valence-corrected chi connectivity index (χ2v) is 4.03. The number of hydrogen-bond donors (Lipinski definition) is 1. The fraction of sp³-hybridized carbons (Fsp3) is 0.727. The summed E-state index contributed by atoms with van der Waals surface area (Å²) in [6.07, 6.45) is 0.259. The molecule has 0 bridgehead atoms. The second-order valence-electron chi connectivity index (χ2n) is 4.03. The third kappa shape index (κ3) is 4.30. The summed E-state index contributed by atoms with van der Waals surface area (Å²) in [4.78, 5) is 24.2. The lowest BCUT2D eigenvalue weighted by Crippen LogP contribution is -2.37. The fourth-order valence-corrected chi connectivity index (χ4v) is 1.23. The number of carbonyl (C=O) groups excluding carboxylic acids is 2. The summed E-state index contributed by atoms with van der Waals surface area (Å²) >= 11 is 0. The van der Waals surface area contributed by atoms with Crippen LogP contribution in [0.2, 0.25) is 0 Å². The van der Waals surface area contributed by atoms with Gasteiger partial charge in [0.1, 0.15) is 5.92 Å². The van der Waals surface area contributed by atoms with Gasteiger partial charge >= 0.3 is 0 Å². The molecule has 1 unspecified atom stereocenters. The summed E-state index contributed by atoms with van der Waals surface area (Å²) < 4.78 is 0. The Bertz CT molecular complexity index is 294. The predicted octanol–water partition coefficient (Wildman–Crippen LogP) is 0.377. The van der Waals surface area contributed by atoms with Crippen LogP contribution in [0, 0.1) is 23.2 Å². The zero-order chi connectivity index (χ0) is 12.7. The van der Waals surface area contributed by atoms with E-state index >= 15 is 0 Å². The number of rotatable bonds is 5. The summed E-state index contributed by atoms with van der Waals surface area (Å²) in [5.41, 5.74) is 0. The molecule has 1 N–H and O–H groups in total. The molecule has 5 heteroatoms. The van der Waals surface area contributed by atoms with Gasteiger partial charge in [0.15, 0.2) is 0 Å². The number of nitrogens with one attached hydrogen (secondary N) is 1. The Labute approximate surface area is 96.4 Å². The van der Waals surface area contributed by atoms with Crippen molar-refractivity contribution in [1.29, 1.82) is 5.26 Å². The van der Waals surface area contributed by atoms with Gasteiger partial charge < -0.3 is 10.2 Å². The van der Waals surface area contributed by atoms with Crippen LogP contribution in [0.15, 0.2) is 0 Å². The molecule has 0 aromatic carbocycles. The highest BCUT2D eigenvalue weighted by molar-refractivity contribution is 5.82. The Morgan fingerprint density at radius 2 is 2.00 bits per heavy atom. The third-order valence-corrected chi connectivity index (χ3v) is 2.40. The van der Waals surface area contributed by atoms with E-state index in [1.165, 1.54) is 4.90 Å². The molecular weight excluding hydrogens is 206 g/mol. The van der Waals surface area contributed by atoms with Crippen molar-refractivity contribution in [2.24, 2.45) is 11.8 Å². The molecule has 0 aromatic rings.